The van der Waals surface area contributed by atoms with Crippen LogP contribution in [0.25, 0.3) is 22.3 Å². The van der Waals surface area contributed by atoms with Crippen LogP contribution in [0.5, 0.6) is 5.75 Å². The zero-order chi connectivity index (χ0) is 22.8. The van der Waals surface area contributed by atoms with Gasteiger partial charge in [0.15, 0.2) is 0 Å². The maximum Gasteiger partial charge on any atom is 0.255 e. The quantitative estimate of drug-likeness (QED) is 0.424. The Morgan fingerprint density at radius 3 is 2.44 bits per heavy atom. The molecule has 7 nitrogen and oxygen atoms in total. The number of H-pyrrole nitrogens is 1. The number of methoxy groups -OCH3 is 1. The van der Waals surface area contributed by atoms with E-state index in [0.29, 0.717) is 11.3 Å². The maximum absolute atomic E-state index is 13.4. The van der Waals surface area contributed by atoms with Gasteiger partial charge < -0.3 is 14.6 Å². The molecule has 0 saturated heterocycles. The summed E-state index contributed by atoms with van der Waals surface area (Å²) in [5.41, 5.74) is 4.03. The molecule has 0 spiro atoms. The van der Waals surface area contributed by atoms with Gasteiger partial charge in [-0.25, -0.2) is 4.98 Å². The fraction of sp³-hybridized carbons (Fsp3) is 0.320. The Hall–Kier alpha value is -3.61. The van der Waals surface area contributed by atoms with E-state index < -0.39 is 0 Å². The van der Waals surface area contributed by atoms with Crippen molar-refractivity contribution in [2.45, 2.75) is 39.8 Å². The lowest BCUT2D eigenvalue weighted by molar-refractivity contribution is 0.0922. The third kappa shape index (κ3) is 3.98. The molecule has 0 bridgehead atoms. The number of imidazole rings is 1. The smallest absolute Gasteiger partial charge is 0.255 e. The first-order valence-electron chi connectivity index (χ1n) is 10.9. The number of para-hydroxylation sites is 2. The molecule has 1 amide bonds. The molecule has 7 heteroatoms. The summed E-state index contributed by atoms with van der Waals surface area (Å²) in [6.45, 7) is 8.45. The molecule has 0 radical (unpaired) electrons. The van der Waals surface area contributed by atoms with Crippen molar-refractivity contribution in [3.8, 4) is 17.0 Å². The van der Waals surface area contributed by atoms with Crippen molar-refractivity contribution >= 4 is 16.9 Å². The van der Waals surface area contributed by atoms with Crippen molar-refractivity contribution in [3.05, 3.63) is 66.1 Å². The molecule has 0 fully saturated rings. The number of hydrogen-bond acceptors (Lipinski definition) is 4. The van der Waals surface area contributed by atoms with Crippen LogP contribution in [0.2, 0.25) is 0 Å². The number of aromatic amines is 1. The Morgan fingerprint density at radius 2 is 1.78 bits per heavy atom. The molecular formula is C25H29N5O2. The number of benzene rings is 2. The number of carbonyl (C=O) groups excluding carboxylic acids is 1. The van der Waals surface area contributed by atoms with Crippen molar-refractivity contribution in [2.75, 3.05) is 7.11 Å². The molecule has 2 N–H and O–H groups in total. The topological polar surface area (TPSA) is 84.8 Å². The number of hydrogen-bond donors (Lipinski definition) is 2. The summed E-state index contributed by atoms with van der Waals surface area (Å²) < 4.78 is 7.44. The first-order chi connectivity index (χ1) is 15.4. The second kappa shape index (κ2) is 8.86. The second-order valence-corrected chi connectivity index (χ2v) is 8.50. The molecule has 32 heavy (non-hydrogen) atoms. The van der Waals surface area contributed by atoms with E-state index in [0.717, 1.165) is 28.2 Å². The van der Waals surface area contributed by atoms with Gasteiger partial charge in [-0.3, -0.25) is 9.89 Å². The van der Waals surface area contributed by atoms with E-state index in [1.807, 2.05) is 42.5 Å². The SMILES string of the molecule is COc1ccc(-c2[nH]ncc2C(=O)N[C@@H](c2nc3ccccc3n2C(C)C)C(C)C)cc1. The Labute approximate surface area is 187 Å². The van der Waals surface area contributed by atoms with Gasteiger partial charge in [-0.05, 0) is 56.2 Å². The van der Waals surface area contributed by atoms with Crippen molar-refractivity contribution in [2.24, 2.45) is 5.92 Å². The van der Waals surface area contributed by atoms with Gasteiger partial charge in [0, 0.05) is 11.6 Å². The molecule has 166 valence electrons. The molecule has 2 aromatic carbocycles. The summed E-state index contributed by atoms with van der Waals surface area (Å²) in [5, 5.41) is 10.3. The lowest BCUT2D eigenvalue weighted by Gasteiger charge is -2.25. The summed E-state index contributed by atoms with van der Waals surface area (Å²) in [6, 6.07) is 15.6. The fourth-order valence-electron chi connectivity index (χ4n) is 4.01. The molecule has 4 aromatic rings. The van der Waals surface area contributed by atoms with Crippen LogP contribution in [0, 0.1) is 5.92 Å². The van der Waals surface area contributed by atoms with E-state index in [9.17, 15) is 4.79 Å². The summed E-state index contributed by atoms with van der Waals surface area (Å²) in [4.78, 5) is 18.3. The molecule has 2 heterocycles. The average molecular weight is 432 g/mol. The van der Waals surface area contributed by atoms with Crippen LogP contribution < -0.4 is 10.1 Å². The van der Waals surface area contributed by atoms with Gasteiger partial charge in [0.25, 0.3) is 5.91 Å². The largest absolute Gasteiger partial charge is 0.497 e. The second-order valence-electron chi connectivity index (χ2n) is 8.50. The Morgan fingerprint density at radius 1 is 1.06 bits per heavy atom. The van der Waals surface area contributed by atoms with Crippen LogP contribution in [-0.2, 0) is 0 Å². The van der Waals surface area contributed by atoms with Crippen molar-refractivity contribution in [1.82, 2.24) is 25.1 Å². The van der Waals surface area contributed by atoms with Gasteiger partial charge in [-0.2, -0.15) is 5.10 Å². The van der Waals surface area contributed by atoms with Gasteiger partial charge >= 0.3 is 0 Å². The lowest BCUT2D eigenvalue weighted by Crippen LogP contribution is -2.34. The monoisotopic (exact) mass is 431 g/mol. The van der Waals surface area contributed by atoms with E-state index in [4.69, 9.17) is 9.72 Å². The van der Waals surface area contributed by atoms with Gasteiger partial charge in [-0.15, -0.1) is 0 Å². The van der Waals surface area contributed by atoms with Crippen molar-refractivity contribution in [3.63, 3.8) is 0 Å². The predicted molar refractivity (Wildman–Crippen MR) is 126 cm³/mol. The number of nitrogens with one attached hydrogen (secondary N) is 2. The number of aromatic nitrogens is 4. The number of amides is 1. The van der Waals surface area contributed by atoms with Gasteiger partial charge in [-0.1, -0.05) is 26.0 Å². The summed E-state index contributed by atoms with van der Waals surface area (Å²) in [5.74, 6) is 1.57. The van der Waals surface area contributed by atoms with E-state index >= 15 is 0 Å². The zero-order valence-electron chi connectivity index (χ0n) is 19.1. The van der Waals surface area contributed by atoms with Crippen LogP contribution in [0.3, 0.4) is 0 Å². The van der Waals surface area contributed by atoms with E-state index in [1.54, 1.807) is 13.3 Å². The first kappa shape index (κ1) is 21.6. The first-order valence-corrected chi connectivity index (χ1v) is 10.9. The third-order valence-corrected chi connectivity index (χ3v) is 5.63. The molecule has 0 aliphatic carbocycles. The van der Waals surface area contributed by atoms with Crippen LogP contribution in [0.1, 0.15) is 56.0 Å². The molecule has 4 rings (SSSR count). The van der Waals surface area contributed by atoms with Crippen molar-refractivity contribution < 1.29 is 9.53 Å². The van der Waals surface area contributed by atoms with Gasteiger partial charge in [0.1, 0.15) is 11.6 Å². The predicted octanol–water partition coefficient (Wildman–Crippen LogP) is 5.14. The number of nitrogens with zero attached hydrogens (tertiary/aromatic N) is 3. The van der Waals surface area contributed by atoms with Crippen LogP contribution in [0.15, 0.2) is 54.7 Å². The fourth-order valence-corrected chi connectivity index (χ4v) is 4.01. The number of carbonyl (C=O) groups is 1. The highest BCUT2D eigenvalue weighted by atomic mass is 16.5. The highest BCUT2D eigenvalue weighted by molar-refractivity contribution is 6.00. The zero-order valence-corrected chi connectivity index (χ0v) is 19.1. The van der Waals surface area contributed by atoms with E-state index in [1.165, 1.54) is 0 Å². The Balaban J connectivity index is 1.69. The normalized spacial score (nSPS) is 12.5. The van der Waals surface area contributed by atoms with E-state index in [-0.39, 0.29) is 23.9 Å². The summed E-state index contributed by atoms with van der Waals surface area (Å²) in [6.07, 6.45) is 1.57. The maximum atomic E-state index is 13.4. The number of rotatable bonds is 7. The minimum Gasteiger partial charge on any atom is -0.497 e. The Kier molecular flexibility index (Phi) is 5.99. The standard InChI is InChI=1S/C25H29N5O2/c1-15(2)22(24-27-20-8-6-7-9-21(20)30(24)16(3)4)28-25(31)19-14-26-29-23(19)17-10-12-18(32-5)13-11-17/h6-16,22H,1-5H3,(H,26,29)(H,28,31)/t22-/m1/s1. The molecule has 0 saturated carbocycles. The highest BCUT2D eigenvalue weighted by Crippen LogP contribution is 2.30. The minimum atomic E-state index is -0.254. The Bertz CT molecular complexity index is 1220. The van der Waals surface area contributed by atoms with Gasteiger partial charge in [0.2, 0.25) is 0 Å². The van der Waals surface area contributed by atoms with Crippen molar-refractivity contribution in [1.29, 1.82) is 0 Å². The summed E-state index contributed by atoms with van der Waals surface area (Å²) in [7, 11) is 1.63. The molecule has 0 unspecified atom stereocenters. The highest BCUT2D eigenvalue weighted by Gasteiger charge is 2.27. The lowest BCUT2D eigenvalue weighted by atomic mass is 10.0. The molecular weight excluding hydrogens is 402 g/mol. The number of fused-ring (bicyclic) bond motifs is 1. The molecule has 1 atom stereocenters. The average Bonchev–Trinajstić information content (AvgIpc) is 3.42. The summed E-state index contributed by atoms with van der Waals surface area (Å²) >= 11 is 0. The minimum absolute atomic E-state index is 0.143. The molecule has 2 aromatic heterocycles. The molecule has 0 aliphatic heterocycles. The number of ether oxygens (including phenoxy) is 1. The van der Waals surface area contributed by atoms with Crippen LogP contribution in [0.4, 0.5) is 0 Å². The van der Waals surface area contributed by atoms with E-state index in [2.05, 4.69) is 53.8 Å². The van der Waals surface area contributed by atoms with Crippen LogP contribution >= 0.6 is 0 Å². The molecule has 0 aliphatic rings. The van der Waals surface area contributed by atoms with Gasteiger partial charge in [0.05, 0.1) is 41.6 Å². The third-order valence-electron chi connectivity index (χ3n) is 5.63. The van der Waals surface area contributed by atoms with Crippen LogP contribution in [-0.4, -0.2) is 32.8 Å².